The van der Waals surface area contributed by atoms with E-state index in [1.54, 1.807) is 0 Å². The molecule has 9 heteroatoms. The zero-order chi connectivity index (χ0) is 18.2. The maximum atomic E-state index is 12.2. The Balaban J connectivity index is 0.00000338. The number of halogens is 2. The maximum Gasteiger partial charge on any atom is 0.243 e. The summed E-state index contributed by atoms with van der Waals surface area (Å²) in [6, 6.07) is 7.09. The number of ether oxygens (including phenoxy) is 1. The summed E-state index contributed by atoms with van der Waals surface area (Å²) < 4.78 is 5.36. The molecule has 1 aromatic carbocycles. The first-order chi connectivity index (χ1) is 12.0. The molecule has 0 unspecified atom stereocenters. The highest BCUT2D eigenvalue weighted by Crippen LogP contribution is 2.17. The average Bonchev–Trinajstić information content (AvgIpc) is 2.61. The van der Waals surface area contributed by atoms with Gasteiger partial charge in [-0.25, -0.2) is 0 Å². The summed E-state index contributed by atoms with van der Waals surface area (Å²) in [6.45, 7) is 7.62. The van der Waals surface area contributed by atoms with Gasteiger partial charge in [0.1, 0.15) is 0 Å². The van der Waals surface area contributed by atoms with Gasteiger partial charge in [0.05, 0.1) is 25.8 Å². The molecule has 1 aliphatic heterocycles. The molecule has 0 spiro atoms. The van der Waals surface area contributed by atoms with Crippen molar-refractivity contribution in [2.75, 3.05) is 38.2 Å². The molecule has 1 saturated heterocycles. The lowest BCUT2D eigenvalue weighted by atomic mass is 10.1. The maximum absolute atomic E-state index is 12.2. The smallest absolute Gasteiger partial charge is 0.243 e. The van der Waals surface area contributed by atoms with E-state index in [1.807, 2.05) is 38.1 Å². The van der Waals surface area contributed by atoms with Crippen molar-refractivity contribution in [1.29, 1.82) is 0 Å². The summed E-state index contributed by atoms with van der Waals surface area (Å²) in [5, 5.41) is 5.45. The van der Waals surface area contributed by atoms with E-state index in [4.69, 9.17) is 10.5 Å². The highest BCUT2D eigenvalue weighted by Gasteiger charge is 2.18. The van der Waals surface area contributed by atoms with Gasteiger partial charge in [0.15, 0.2) is 0 Å². The van der Waals surface area contributed by atoms with Crippen molar-refractivity contribution in [3.63, 3.8) is 0 Å². The molecular formula is C18H30Cl2N4O3. The van der Waals surface area contributed by atoms with Gasteiger partial charge < -0.3 is 21.1 Å². The van der Waals surface area contributed by atoms with Gasteiger partial charge in [0.25, 0.3) is 0 Å². The van der Waals surface area contributed by atoms with Gasteiger partial charge in [-0.1, -0.05) is 32.0 Å². The van der Waals surface area contributed by atoms with E-state index in [1.165, 1.54) is 0 Å². The van der Waals surface area contributed by atoms with Crippen LogP contribution >= 0.6 is 24.8 Å². The van der Waals surface area contributed by atoms with E-state index in [9.17, 15) is 9.59 Å². The van der Waals surface area contributed by atoms with Gasteiger partial charge in [0, 0.05) is 25.3 Å². The van der Waals surface area contributed by atoms with Crippen LogP contribution in [-0.4, -0.2) is 55.6 Å². The van der Waals surface area contributed by atoms with Crippen LogP contribution in [0.4, 0.5) is 5.69 Å². The van der Waals surface area contributed by atoms with Crippen LogP contribution in [-0.2, 0) is 20.9 Å². The second kappa shape index (κ2) is 12.9. The zero-order valence-electron chi connectivity index (χ0n) is 15.8. The number of rotatable bonds is 7. The highest BCUT2D eigenvalue weighted by atomic mass is 35.5. The van der Waals surface area contributed by atoms with Gasteiger partial charge in [-0.15, -0.1) is 24.8 Å². The van der Waals surface area contributed by atoms with Crippen LogP contribution in [0.5, 0.6) is 0 Å². The minimum Gasteiger partial charge on any atom is -0.379 e. The number of amides is 2. The summed E-state index contributed by atoms with van der Waals surface area (Å²) in [4.78, 5) is 26.3. The monoisotopic (exact) mass is 420 g/mol. The number of nitrogens with two attached hydrogens (primary N) is 1. The fraction of sp³-hybridized carbons (Fsp3) is 0.556. The van der Waals surface area contributed by atoms with E-state index < -0.39 is 6.04 Å². The van der Waals surface area contributed by atoms with Crippen LogP contribution in [0.25, 0.3) is 0 Å². The third kappa shape index (κ3) is 8.45. The lowest BCUT2D eigenvalue weighted by Crippen LogP contribution is -2.46. The molecule has 0 aromatic heterocycles. The lowest BCUT2D eigenvalue weighted by Gasteiger charge is -2.27. The van der Waals surface area contributed by atoms with Gasteiger partial charge >= 0.3 is 0 Å². The molecule has 7 nitrogen and oxygen atoms in total. The average molecular weight is 421 g/mol. The Morgan fingerprint density at radius 2 is 1.81 bits per heavy atom. The Bertz CT molecular complexity index is 596. The molecule has 0 saturated carbocycles. The Hall–Kier alpha value is -1.38. The zero-order valence-corrected chi connectivity index (χ0v) is 17.4. The van der Waals surface area contributed by atoms with E-state index in [-0.39, 0.29) is 49.1 Å². The number of anilines is 1. The molecular weight excluding hydrogens is 391 g/mol. The predicted octanol–water partition coefficient (Wildman–Crippen LogP) is 1.40. The van der Waals surface area contributed by atoms with Crippen LogP contribution in [0.3, 0.4) is 0 Å². The van der Waals surface area contributed by atoms with E-state index in [0.29, 0.717) is 0 Å². The van der Waals surface area contributed by atoms with Crippen molar-refractivity contribution >= 4 is 42.3 Å². The molecule has 1 aliphatic rings. The highest BCUT2D eigenvalue weighted by molar-refractivity contribution is 5.95. The van der Waals surface area contributed by atoms with Crippen LogP contribution in [0.2, 0.25) is 0 Å². The molecule has 4 N–H and O–H groups in total. The summed E-state index contributed by atoms with van der Waals surface area (Å²) in [5.74, 6) is -0.553. The predicted molar refractivity (Wildman–Crippen MR) is 111 cm³/mol. The van der Waals surface area contributed by atoms with Gasteiger partial charge in [0.2, 0.25) is 11.8 Å². The molecule has 2 rings (SSSR count). The first kappa shape index (κ1) is 25.6. The minimum absolute atomic E-state index is 0. The molecule has 1 aromatic rings. The summed E-state index contributed by atoms with van der Waals surface area (Å²) in [7, 11) is 0. The Morgan fingerprint density at radius 1 is 1.19 bits per heavy atom. The Morgan fingerprint density at radius 3 is 2.44 bits per heavy atom. The molecule has 1 atom stereocenters. The second-order valence-electron chi connectivity index (χ2n) is 6.58. The SMILES string of the molecule is CC(C)[C@H](N)C(=O)NCC(=O)Nc1ccccc1CN1CCOCC1.Cl.Cl. The standard InChI is InChI=1S/C18H28N4O3.2ClH/c1-13(2)17(19)18(24)20-11-16(23)21-15-6-4-3-5-14(15)12-22-7-9-25-10-8-22;;/h3-6,13,17H,7-12,19H2,1-2H3,(H,20,24)(H,21,23);2*1H/t17-;;/m0../s1. The molecule has 1 heterocycles. The van der Waals surface area contributed by atoms with Gasteiger partial charge in [-0.2, -0.15) is 0 Å². The number of morpholine rings is 1. The normalized spacial score (nSPS) is 15.3. The number of carbonyl (C=O) groups is 2. The number of nitrogens with zero attached hydrogens (tertiary/aromatic N) is 1. The first-order valence-electron chi connectivity index (χ1n) is 8.68. The first-order valence-corrected chi connectivity index (χ1v) is 8.68. The van der Waals surface area contributed by atoms with E-state index >= 15 is 0 Å². The molecule has 0 bridgehead atoms. The fourth-order valence-electron chi connectivity index (χ4n) is 2.56. The minimum atomic E-state index is -0.610. The summed E-state index contributed by atoms with van der Waals surface area (Å²) in [5.41, 5.74) is 7.58. The van der Waals surface area contributed by atoms with Crippen LogP contribution in [0, 0.1) is 5.92 Å². The fourth-order valence-corrected chi connectivity index (χ4v) is 2.56. The summed E-state index contributed by atoms with van der Waals surface area (Å²) in [6.07, 6.45) is 0. The summed E-state index contributed by atoms with van der Waals surface area (Å²) >= 11 is 0. The quantitative estimate of drug-likeness (QED) is 0.619. The van der Waals surface area contributed by atoms with Gasteiger partial charge in [-0.3, -0.25) is 14.5 Å². The van der Waals surface area contributed by atoms with E-state index in [0.717, 1.165) is 44.1 Å². The lowest BCUT2D eigenvalue weighted by molar-refractivity contribution is -0.125. The molecule has 0 radical (unpaired) electrons. The van der Waals surface area contributed by atoms with Gasteiger partial charge in [-0.05, 0) is 17.5 Å². The molecule has 0 aliphatic carbocycles. The second-order valence-corrected chi connectivity index (χ2v) is 6.58. The van der Waals surface area contributed by atoms with Crippen LogP contribution in [0.1, 0.15) is 19.4 Å². The number of hydrogen-bond donors (Lipinski definition) is 3. The number of carbonyl (C=O) groups excluding carboxylic acids is 2. The van der Waals surface area contributed by atoms with Crippen molar-refractivity contribution < 1.29 is 14.3 Å². The van der Waals surface area contributed by atoms with Crippen molar-refractivity contribution in [2.24, 2.45) is 11.7 Å². The number of hydrogen-bond acceptors (Lipinski definition) is 5. The molecule has 1 fully saturated rings. The van der Waals surface area contributed by atoms with E-state index in [2.05, 4.69) is 15.5 Å². The number of benzene rings is 1. The molecule has 27 heavy (non-hydrogen) atoms. The largest absolute Gasteiger partial charge is 0.379 e. The van der Waals surface area contributed by atoms with Crippen molar-refractivity contribution in [3.05, 3.63) is 29.8 Å². The molecule has 2 amide bonds. The van der Waals surface area contributed by atoms with Crippen molar-refractivity contribution in [1.82, 2.24) is 10.2 Å². The topological polar surface area (TPSA) is 96.7 Å². The van der Waals surface area contributed by atoms with Crippen LogP contribution < -0.4 is 16.4 Å². The Kier molecular flexibility index (Phi) is 12.2. The third-order valence-electron chi connectivity index (χ3n) is 4.23. The van der Waals surface area contributed by atoms with Crippen molar-refractivity contribution in [2.45, 2.75) is 26.4 Å². The van der Waals surface area contributed by atoms with Crippen molar-refractivity contribution in [3.8, 4) is 0 Å². The third-order valence-corrected chi connectivity index (χ3v) is 4.23. The Labute approximate surface area is 173 Å². The molecule has 154 valence electrons. The van der Waals surface area contributed by atoms with Crippen LogP contribution in [0.15, 0.2) is 24.3 Å². The number of para-hydroxylation sites is 1. The number of nitrogens with one attached hydrogen (secondary N) is 2.